The van der Waals surface area contributed by atoms with Crippen molar-refractivity contribution in [2.75, 3.05) is 38.2 Å². The number of amides is 1. The van der Waals surface area contributed by atoms with Crippen LogP contribution in [0.2, 0.25) is 0 Å². The zero-order chi connectivity index (χ0) is 21.6. The van der Waals surface area contributed by atoms with E-state index in [9.17, 15) is 4.79 Å². The molecule has 0 atom stereocenters. The lowest BCUT2D eigenvalue weighted by atomic mass is 10.1. The Morgan fingerprint density at radius 1 is 1.03 bits per heavy atom. The molecule has 1 amide bonds. The first kappa shape index (κ1) is 21.1. The van der Waals surface area contributed by atoms with E-state index in [0.717, 1.165) is 5.56 Å². The maximum absolute atomic E-state index is 13.1. The Kier molecular flexibility index (Phi) is 6.66. The summed E-state index contributed by atoms with van der Waals surface area (Å²) < 4.78 is 12.2. The number of halogens is 1. The van der Waals surface area contributed by atoms with Crippen LogP contribution in [0.1, 0.15) is 15.9 Å². The highest BCUT2D eigenvalue weighted by Gasteiger charge is 2.25. The molecular weight excluding hydrogens is 460 g/mol. The number of methoxy groups -OCH3 is 1. The minimum Gasteiger partial charge on any atom is -0.493 e. The van der Waals surface area contributed by atoms with Gasteiger partial charge in [-0.05, 0) is 39.7 Å². The maximum Gasteiger partial charge on any atom is 0.254 e. The quantitative estimate of drug-likeness (QED) is 0.532. The standard InChI is InChI=1S/C23H23BrN4O3/c1-30-20-15-18(14-19(24)21(20)31-16-17-6-3-2-4-7-17)22(29)27-10-12-28(13-11-27)23-25-8-5-9-26-23/h2-9,14-15H,10-13,16H2,1H3. The smallest absolute Gasteiger partial charge is 0.254 e. The fourth-order valence-corrected chi connectivity index (χ4v) is 4.02. The molecule has 0 N–H and O–H groups in total. The summed E-state index contributed by atoms with van der Waals surface area (Å²) in [5.74, 6) is 1.75. The second-order valence-electron chi connectivity index (χ2n) is 7.09. The van der Waals surface area contributed by atoms with E-state index in [1.165, 1.54) is 0 Å². The van der Waals surface area contributed by atoms with E-state index < -0.39 is 0 Å². The van der Waals surface area contributed by atoms with Crippen molar-refractivity contribution in [2.24, 2.45) is 0 Å². The molecule has 4 rings (SSSR count). The van der Waals surface area contributed by atoms with Gasteiger partial charge in [0.2, 0.25) is 5.95 Å². The normalized spacial score (nSPS) is 13.7. The molecule has 0 unspecified atom stereocenters. The number of nitrogens with zero attached hydrogens (tertiary/aromatic N) is 4. The highest BCUT2D eigenvalue weighted by molar-refractivity contribution is 9.10. The van der Waals surface area contributed by atoms with Gasteiger partial charge in [0, 0.05) is 44.1 Å². The lowest BCUT2D eigenvalue weighted by Gasteiger charge is -2.34. The van der Waals surface area contributed by atoms with Crippen LogP contribution in [0, 0.1) is 0 Å². The topological polar surface area (TPSA) is 67.8 Å². The summed E-state index contributed by atoms with van der Waals surface area (Å²) in [5, 5.41) is 0. The Morgan fingerprint density at radius 2 is 1.74 bits per heavy atom. The van der Waals surface area contributed by atoms with Crippen molar-refractivity contribution in [3.8, 4) is 11.5 Å². The van der Waals surface area contributed by atoms with Gasteiger partial charge in [-0.1, -0.05) is 30.3 Å². The van der Waals surface area contributed by atoms with Gasteiger partial charge in [0.05, 0.1) is 11.6 Å². The molecule has 1 saturated heterocycles. The molecule has 1 aliphatic heterocycles. The van der Waals surface area contributed by atoms with Crippen molar-refractivity contribution in [1.82, 2.24) is 14.9 Å². The molecule has 1 fully saturated rings. The predicted octanol–water partition coefficient (Wildman–Crippen LogP) is 3.79. The van der Waals surface area contributed by atoms with Gasteiger partial charge in [0.15, 0.2) is 11.5 Å². The molecule has 8 heteroatoms. The zero-order valence-corrected chi connectivity index (χ0v) is 18.8. The molecule has 2 heterocycles. The Bertz CT molecular complexity index is 1030. The third-order valence-corrected chi connectivity index (χ3v) is 5.69. The van der Waals surface area contributed by atoms with Gasteiger partial charge in [-0.3, -0.25) is 4.79 Å². The lowest BCUT2D eigenvalue weighted by molar-refractivity contribution is 0.0745. The summed E-state index contributed by atoms with van der Waals surface area (Å²) in [5.41, 5.74) is 1.61. The van der Waals surface area contributed by atoms with E-state index in [4.69, 9.17) is 9.47 Å². The molecule has 0 saturated carbocycles. The van der Waals surface area contributed by atoms with Crippen LogP contribution in [0.5, 0.6) is 11.5 Å². The van der Waals surface area contributed by atoms with Gasteiger partial charge < -0.3 is 19.3 Å². The summed E-state index contributed by atoms with van der Waals surface area (Å²) in [6.07, 6.45) is 3.45. The van der Waals surface area contributed by atoms with E-state index in [1.54, 1.807) is 37.7 Å². The van der Waals surface area contributed by atoms with Gasteiger partial charge in [0.1, 0.15) is 6.61 Å². The minimum atomic E-state index is -0.0396. The van der Waals surface area contributed by atoms with Crippen molar-refractivity contribution < 1.29 is 14.3 Å². The van der Waals surface area contributed by atoms with E-state index in [1.807, 2.05) is 35.2 Å². The Morgan fingerprint density at radius 3 is 2.42 bits per heavy atom. The fourth-order valence-electron chi connectivity index (χ4n) is 3.46. The van der Waals surface area contributed by atoms with Crippen molar-refractivity contribution >= 4 is 27.8 Å². The number of carbonyl (C=O) groups excluding carboxylic acids is 1. The number of ether oxygens (including phenoxy) is 2. The van der Waals surface area contributed by atoms with Crippen LogP contribution in [0.4, 0.5) is 5.95 Å². The summed E-state index contributed by atoms with van der Waals surface area (Å²) >= 11 is 3.54. The number of hydrogen-bond donors (Lipinski definition) is 0. The second-order valence-corrected chi connectivity index (χ2v) is 7.95. The third-order valence-electron chi connectivity index (χ3n) is 5.10. The predicted molar refractivity (Wildman–Crippen MR) is 122 cm³/mol. The van der Waals surface area contributed by atoms with Gasteiger partial charge >= 0.3 is 0 Å². The summed E-state index contributed by atoms with van der Waals surface area (Å²) in [6.45, 7) is 2.98. The van der Waals surface area contributed by atoms with Crippen LogP contribution in [-0.4, -0.2) is 54.1 Å². The molecule has 0 radical (unpaired) electrons. The first-order valence-electron chi connectivity index (χ1n) is 10.0. The van der Waals surface area contributed by atoms with Crippen molar-refractivity contribution in [3.05, 3.63) is 76.5 Å². The Labute approximate surface area is 189 Å². The van der Waals surface area contributed by atoms with Gasteiger partial charge in [-0.2, -0.15) is 0 Å². The molecule has 3 aromatic rings. The van der Waals surface area contributed by atoms with Crippen LogP contribution < -0.4 is 14.4 Å². The van der Waals surface area contributed by atoms with Gasteiger partial charge in [0.25, 0.3) is 5.91 Å². The molecule has 160 valence electrons. The zero-order valence-electron chi connectivity index (χ0n) is 17.2. The molecule has 1 aliphatic rings. The van der Waals surface area contributed by atoms with Crippen LogP contribution >= 0.6 is 15.9 Å². The van der Waals surface area contributed by atoms with Gasteiger partial charge in [-0.15, -0.1) is 0 Å². The van der Waals surface area contributed by atoms with E-state index in [0.29, 0.717) is 60.3 Å². The van der Waals surface area contributed by atoms with Crippen LogP contribution in [-0.2, 0) is 6.61 Å². The minimum absolute atomic E-state index is 0.0396. The Balaban J connectivity index is 1.44. The van der Waals surface area contributed by atoms with Crippen molar-refractivity contribution in [1.29, 1.82) is 0 Å². The average molecular weight is 483 g/mol. The molecular formula is C23H23BrN4O3. The highest BCUT2D eigenvalue weighted by atomic mass is 79.9. The highest BCUT2D eigenvalue weighted by Crippen LogP contribution is 2.37. The van der Waals surface area contributed by atoms with Crippen molar-refractivity contribution in [3.63, 3.8) is 0 Å². The monoisotopic (exact) mass is 482 g/mol. The largest absolute Gasteiger partial charge is 0.493 e. The molecule has 1 aromatic heterocycles. The number of anilines is 1. The molecule has 2 aromatic carbocycles. The fraction of sp³-hybridized carbons (Fsp3) is 0.261. The molecule has 0 bridgehead atoms. The first-order valence-corrected chi connectivity index (χ1v) is 10.8. The number of carbonyl (C=O) groups is 1. The second kappa shape index (κ2) is 9.78. The number of piperazine rings is 1. The number of aromatic nitrogens is 2. The summed E-state index contributed by atoms with van der Waals surface area (Å²) in [7, 11) is 1.57. The maximum atomic E-state index is 13.1. The van der Waals surface area contributed by atoms with Gasteiger partial charge in [-0.25, -0.2) is 9.97 Å². The summed E-state index contributed by atoms with van der Waals surface area (Å²) in [6, 6.07) is 15.2. The van der Waals surface area contributed by atoms with Crippen LogP contribution in [0.25, 0.3) is 0 Å². The molecule has 31 heavy (non-hydrogen) atoms. The number of hydrogen-bond acceptors (Lipinski definition) is 6. The first-order chi connectivity index (χ1) is 15.2. The van der Waals surface area contributed by atoms with Crippen LogP contribution in [0.15, 0.2) is 65.4 Å². The van der Waals surface area contributed by atoms with E-state index >= 15 is 0 Å². The lowest BCUT2D eigenvalue weighted by Crippen LogP contribution is -2.49. The number of benzene rings is 2. The molecule has 7 nitrogen and oxygen atoms in total. The Hall–Kier alpha value is -3.13. The summed E-state index contributed by atoms with van der Waals surface area (Å²) in [4.78, 5) is 25.6. The third kappa shape index (κ3) is 4.96. The van der Waals surface area contributed by atoms with E-state index in [-0.39, 0.29) is 5.91 Å². The SMILES string of the molecule is COc1cc(C(=O)N2CCN(c3ncccn3)CC2)cc(Br)c1OCc1ccccc1. The number of rotatable bonds is 6. The molecule has 0 aliphatic carbocycles. The van der Waals surface area contributed by atoms with E-state index in [2.05, 4.69) is 30.8 Å². The average Bonchev–Trinajstić information content (AvgIpc) is 2.83. The van der Waals surface area contributed by atoms with Crippen molar-refractivity contribution in [2.45, 2.75) is 6.61 Å². The molecule has 0 spiro atoms. The van der Waals surface area contributed by atoms with Crippen LogP contribution in [0.3, 0.4) is 0 Å².